The molecule has 6 aromatic rings. The Balaban J connectivity index is 1.43. The van der Waals surface area contributed by atoms with Crippen LogP contribution in [0.25, 0.3) is 55.6 Å². The largest absolute Gasteiger partial charge is 0.353 e. The van der Waals surface area contributed by atoms with E-state index in [1.165, 1.54) is 6.07 Å². The molecule has 2 aromatic carbocycles. The van der Waals surface area contributed by atoms with Crippen LogP contribution in [-0.4, -0.2) is 31.1 Å². The van der Waals surface area contributed by atoms with Crippen molar-refractivity contribution in [2.45, 2.75) is 20.3 Å². The standard InChI is InChI=1S/C29H23FN6O/c1-3-28(37)33-20-10-18(13-31-14-20)25-12-23-27(15-32-25)35-36-29(23)26-11-22-21(5-4-6-24(22)34-26)17-7-16(2)8-19(30)9-17/h4-15,34H,3H2,1-2H3,(H,33,37)(H,35,36). The molecule has 0 atom stereocenters. The van der Waals surface area contributed by atoms with Crippen molar-refractivity contribution in [3.63, 3.8) is 0 Å². The molecule has 37 heavy (non-hydrogen) atoms. The molecule has 0 bridgehead atoms. The van der Waals surface area contributed by atoms with Gasteiger partial charge in [-0.1, -0.05) is 25.1 Å². The van der Waals surface area contributed by atoms with Gasteiger partial charge in [0.25, 0.3) is 0 Å². The molecule has 0 aliphatic heterocycles. The number of amides is 1. The maximum Gasteiger partial charge on any atom is 0.224 e. The number of benzene rings is 2. The Morgan fingerprint density at radius 2 is 1.86 bits per heavy atom. The summed E-state index contributed by atoms with van der Waals surface area (Å²) in [5, 5.41) is 12.3. The summed E-state index contributed by atoms with van der Waals surface area (Å²) in [5.74, 6) is -0.333. The third kappa shape index (κ3) is 4.23. The van der Waals surface area contributed by atoms with Gasteiger partial charge in [0.15, 0.2) is 0 Å². The predicted octanol–water partition coefficient (Wildman–Crippen LogP) is 6.63. The van der Waals surface area contributed by atoms with E-state index in [0.717, 1.165) is 55.4 Å². The van der Waals surface area contributed by atoms with E-state index in [9.17, 15) is 9.18 Å². The Bertz CT molecular complexity index is 1780. The maximum atomic E-state index is 14.1. The third-order valence-corrected chi connectivity index (χ3v) is 6.36. The molecule has 4 aromatic heterocycles. The topological polar surface area (TPSA) is 99.4 Å². The van der Waals surface area contributed by atoms with Crippen molar-refractivity contribution in [2.75, 3.05) is 5.32 Å². The highest BCUT2D eigenvalue weighted by Gasteiger charge is 2.15. The summed E-state index contributed by atoms with van der Waals surface area (Å²) in [6, 6.07) is 16.9. The first-order valence-corrected chi connectivity index (χ1v) is 12.0. The molecule has 3 N–H and O–H groups in total. The lowest BCUT2D eigenvalue weighted by Crippen LogP contribution is -2.09. The van der Waals surface area contributed by atoms with Gasteiger partial charge in [0.05, 0.1) is 35.0 Å². The van der Waals surface area contributed by atoms with Crippen molar-refractivity contribution in [1.29, 1.82) is 0 Å². The van der Waals surface area contributed by atoms with Crippen LogP contribution in [0.5, 0.6) is 0 Å². The maximum absolute atomic E-state index is 14.1. The second-order valence-electron chi connectivity index (χ2n) is 9.02. The van der Waals surface area contributed by atoms with Crippen LogP contribution < -0.4 is 5.32 Å². The molecule has 0 fully saturated rings. The molecule has 0 saturated heterocycles. The molecule has 7 nitrogen and oxygen atoms in total. The fraction of sp³-hybridized carbons (Fsp3) is 0.103. The van der Waals surface area contributed by atoms with Crippen LogP contribution in [0.3, 0.4) is 0 Å². The molecule has 0 saturated carbocycles. The van der Waals surface area contributed by atoms with Crippen LogP contribution in [-0.2, 0) is 4.79 Å². The summed E-state index contributed by atoms with van der Waals surface area (Å²) < 4.78 is 14.1. The zero-order valence-corrected chi connectivity index (χ0v) is 20.3. The van der Waals surface area contributed by atoms with Crippen molar-refractivity contribution >= 4 is 33.4 Å². The first-order valence-electron chi connectivity index (χ1n) is 12.0. The number of aryl methyl sites for hydroxylation is 1. The van der Waals surface area contributed by atoms with Crippen LogP contribution >= 0.6 is 0 Å². The van der Waals surface area contributed by atoms with Crippen LogP contribution in [0, 0.1) is 12.7 Å². The summed E-state index contributed by atoms with van der Waals surface area (Å²) >= 11 is 0. The summed E-state index contributed by atoms with van der Waals surface area (Å²) in [6.07, 6.45) is 5.45. The summed E-state index contributed by atoms with van der Waals surface area (Å²) in [7, 11) is 0. The van der Waals surface area contributed by atoms with Crippen LogP contribution in [0.2, 0.25) is 0 Å². The minimum atomic E-state index is -0.256. The SMILES string of the molecule is CCC(=O)Nc1cncc(-c2cc3c(-c4cc5c(-c6cc(C)cc(F)c6)cccc5[nH]4)n[nH]c3cn2)c1. The summed E-state index contributed by atoms with van der Waals surface area (Å²) in [5.41, 5.74) is 8.07. The van der Waals surface area contributed by atoms with Gasteiger partial charge >= 0.3 is 0 Å². The Hall–Kier alpha value is -4.85. The molecule has 1 amide bonds. The smallest absolute Gasteiger partial charge is 0.224 e. The number of H-pyrrole nitrogens is 2. The number of carbonyl (C=O) groups excluding carboxylic acids is 1. The van der Waals surface area contributed by atoms with E-state index in [4.69, 9.17) is 0 Å². The van der Waals surface area contributed by atoms with E-state index in [-0.39, 0.29) is 11.7 Å². The van der Waals surface area contributed by atoms with Crippen molar-refractivity contribution in [1.82, 2.24) is 25.1 Å². The molecule has 4 heterocycles. The number of nitrogens with zero attached hydrogens (tertiary/aromatic N) is 3. The number of halogens is 1. The van der Waals surface area contributed by atoms with Crippen molar-refractivity contribution in [2.24, 2.45) is 0 Å². The Labute approximate surface area is 211 Å². The zero-order valence-electron chi connectivity index (χ0n) is 20.3. The van der Waals surface area contributed by atoms with Gasteiger partial charge in [0.1, 0.15) is 11.5 Å². The third-order valence-electron chi connectivity index (χ3n) is 6.36. The Morgan fingerprint density at radius 3 is 2.70 bits per heavy atom. The van der Waals surface area contributed by atoms with Gasteiger partial charge in [-0.3, -0.25) is 19.9 Å². The molecular formula is C29H23FN6O. The predicted molar refractivity (Wildman–Crippen MR) is 143 cm³/mol. The number of rotatable bonds is 5. The van der Waals surface area contributed by atoms with E-state index in [0.29, 0.717) is 17.8 Å². The average molecular weight is 491 g/mol. The zero-order chi connectivity index (χ0) is 25.5. The highest BCUT2D eigenvalue weighted by atomic mass is 19.1. The molecular weight excluding hydrogens is 467 g/mol. The van der Waals surface area contributed by atoms with Crippen molar-refractivity contribution < 1.29 is 9.18 Å². The van der Waals surface area contributed by atoms with Gasteiger partial charge in [-0.25, -0.2) is 4.39 Å². The summed E-state index contributed by atoms with van der Waals surface area (Å²) in [4.78, 5) is 24.1. The molecule has 0 radical (unpaired) electrons. The molecule has 182 valence electrons. The van der Waals surface area contributed by atoms with Gasteiger partial charge in [0.2, 0.25) is 5.91 Å². The fourth-order valence-electron chi connectivity index (χ4n) is 4.60. The number of carbonyl (C=O) groups is 1. The molecule has 8 heteroatoms. The van der Waals surface area contributed by atoms with E-state index in [1.807, 2.05) is 49.4 Å². The molecule has 0 aliphatic rings. The number of nitrogens with one attached hydrogen (secondary N) is 3. The van der Waals surface area contributed by atoms with Gasteiger partial charge in [-0.05, 0) is 60.0 Å². The second-order valence-corrected chi connectivity index (χ2v) is 9.02. The molecule has 6 rings (SSSR count). The van der Waals surface area contributed by atoms with Crippen LogP contribution in [0.1, 0.15) is 18.9 Å². The minimum absolute atomic E-state index is 0.0777. The molecule has 0 unspecified atom stereocenters. The van der Waals surface area contributed by atoms with Gasteiger partial charge in [-0.2, -0.15) is 5.10 Å². The number of hydrogen-bond donors (Lipinski definition) is 3. The quantitative estimate of drug-likeness (QED) is 0.252. The first-order chi connectivity index (χ1) is 18.0. The minimum Gasteiger partial charge on any atom is -0.353 e. The molecule has 0 aliphatic carbocycles. The Morgan fingerprint density at radius 1 is 0.973 bits per heavy atom. The Kier molecular flexibility index (Phi) is 5.49. The number of hydrogen-bond acceptors (Lipinski definition) is 4. The number of fused-ring (bicyclic) bond motifs is 2. The summed E-state index contributed by atoms with van der Waals surface area (Å²) in [6.45, 7) is 3.69. The van der Waals surface area contributed by atoms with Gasteiger partial charge < -0.3 is 10.3 Å². The van der Waals surface area contributed by atoms with Gasteiger partial charge in [-0.15, -0.1) is 0 Å². The number of pyridine rings is 2. The van der Waals surface area contributed by atoms with Gasteiger partial charge in [0, 0.05) is 34.5 Å². The van der Waals surface area contributed by atoms with E-state index in [2.05, 4.69) is 30.5 Å². The van der Waals surface area contributed by atoms with E-state index >= 15 is 0 Å². The first kappa shape index (κ1) is 22.6. The van der Waals surface area contributed by atoms with Crippen LogP contribution in [0.15, 0.2) is 73.2 Å². The monoisotopic (exact) mass is 490 g/mol. The number of anilines is 1. The lowest BCUT2D eigenvalue weighted by Gasteiger charge is -2.06. The van der Waals surface area contributed by atoms with E-state index in [1.54, 1.807) is 31.6 Å². The fourth-order valence-corrected chi connectivity index (χ4v) is 4.60. The van der Waals surface area contributed by atoms with Crippen molar-refractivity contribution in [3.8, 4) is 33.8 Å². The lowest BCUT2D eigenvalue weighted by molar-refractivity contribution is -0.115. The highest BCUT2D eigenvalue weighted by molar-refractivity contribution is 6.01. The van der Waals surface area contributed by atoms with Crippen molar-refractivity contribution in [3.05, 3.63) is 84.6 Å². The normalized spacial score (nSPS) is 11.3. The molecule has 0 spiro atoms. The number of aromatic nitrogens is 5. The second kappa shape index (κ2) is 8.98. The number of aromatic amines is 2. The lowest BCUT2D eigenvalue weighted by atomic mass is 9.99. The highest BCUT2D eigenvalue weighted by Crippen LogP contribution is 2.35. The van der Waals surface area contributed by atoms with E-state index < -0.39 is 0 Å². The van der Waals surface area contributed by atoms with Crippen LogP contribution in [0.4, 0.5) is 10.1 Å². The average Bonchev–Trinajstić information content (AvgIpc) is 3.51.